The summed E-state index contributed by atoms with van der Waals surface area (Å²) in [5.74, 6) is -1.29. The van der Waals surface area contributed by atoms with Crippen LogP contribution in [0.1, 0.15) is 20.8 Å². The Morgan fingerprint density at radius 3 is 2.50 bits per heavy atom. The number of nitrogens with one attached hydrogen (secondary N) is 1. The molecule has 2 aliphatic rings. The molecule has 6 heteroatoms. The van der Waals surface area contributed by atoms with Gasteiger partial charge in [-0.3, -0.25) is 10.1 Å². The van der Waals surface area contributed by atoms with E-state index in [0.29, 0.717) is 0 Å². The maximum absolute atomic E-state index is 11.3. The Hall–Kier alpha value is -0.690. The van der Waals surface area contributed by atoms with Gasteiger partial charge >= 0.3 is 0 Å². The fourth-order valence-corrected chi connectivity index (χ4v) is 2.34. The molecule has 0 aromatic carbocycles. The molecule has 2 rings (SSSR count). The second-order valence-corrected chi connectivity index (χ2v) is 4.89. The third-order valence-electron chi connectivity index (χ3n) is 3.09. The third-order valence-corrected chi connectivity index (χ3v) is 3.09. The van der Waals surface area contributed by atoms with Gasteiger partial charge in [0.2, 0.25) is 5.91 Å². The maximum atomic E-state index is 11.3. The lowest BCUT2D eigenvalue weighted by Gasteiger charge is -2.38. The van der Waals surface area contributed by atoms with E-state index in [1.807, 2.05) is 0 Å². The van der Waals surface area contributed by atoms with Crippen LogP contribution < -0.4 is 11.1 Å². The number of piperidine rings is 1. The lowest BCUT2D eigenvalue weighted by atomic mass is 9.91. The second kappa shape index (κ2) is 3.66. The average molecular weight is 230 g/mol. The van der Waals surface area contributed by atoms with Crippen molar-refractivity contribution in [2.75, 3.05) is 0 Å². The Morgan fingerprint density at radius 1 is 1.38 bits per heavy atom. The summed E-state index contributed by atoms with van der Waals surface area (Å²) in [5, 5.41) is 12.9. The molecular weight excluding hydrogens is 212 g/mol. The molecule has 0 unspecified atom stereocenters. The molecule has 0 aromatic rings. The van der Waals surface area contributed by atoms with Crippen molar-refractivity contribution in [3.8, 4) is 0 Å². The minimum Gasteiger partial charge on any atom is -0.389 e. The fourth-order valence-electron chi connectivity index (χ4n) is 2.34. The van der Waals surface area contributed by atoms with E-state index >= 15 is 0 Å². The largest absolute Gasteiger partial charge is 0.389 e. The summed E-state index contributed by atoms with van der Waals surface area (Å²) in [6.45, 7) is 5.28. The minimum absolute atomic E-state index is 0.253. The molecule has 2 saturated heterocycles. The number of carbonyl (C=O) groups is 1. The van der Waals surface area contributed by atoms with E-state index in [2.05, 4.69) is 5.32 Å². The van der Waals surface area contributed by atoms with E-state index < -0.39 is 36.0 Å². The predicted molar refractivity (Wildman–Crippen MR) is 55.4 cm³/mol. The van der Waals surface area contributed by atoms with E-state index in [-0.39, 0.29) is 6.04 Å². The van der Waals surface area contributed by atoms with E-state index in [1.54, 1.807) is 20.8 Å². The topological polar surface area (TPSA) is 93.8 Å². The molecule has 6 nitrogen and oxygen atoms in total. The summed E-state index contributed by atoms with van der Waals surface area (Å²) >= 11 is 0. The molecule has 0 aliphatic carbocycles. The number of fused-ring (bicyclic) bond motifs is 1. The smallest absolute Gasteiger partial charge is 0.237 e. The van der Waals surface area contributed by atoms with Crippen LogP contribution in [0.15, 0.2) is 0 Å². The lowest BCUT2D eigenvalue weighted by molar-refractivity contribution is -0.154. The van der Waals surface area contributed by atoms with Gasteiger partial charge in [0.25, 0.3) is 0 Å². The number of hydrogen-bond donors (Lipinski definition) is 3. The molecule has 0 radical (unpaired) electrons. The number of primary amides is 1. The Bertz CT molecular complexity index is 307. The Morgan fingerprint density at radius 2 is 1.94 bits per heavy atom. The molecule has 0 saturated carbocycles. The van der Waals surface area contributed by atoms with Gasteiger partial charge in [-0.2, -0.15) is 0 Å². The zero-order valence-corrected chi connectivity index (χ0v) is 9.64. The molecular formula is C10H18N2O4. The molecule has 92 valence electrons. The Labute approximate surface area is 94.1 Å². The number of aliphatic hydroxyl groups is 1. The summed E-state index contributed by atoms with van der Waals surface area (Å²) in [7, 11) is 0. The average Bonchev–Trinajstić information content (AvgIpc) is 2.47. The molecule has 2 fully saturated rings. The first-order valence-corrected chi connectivity index (χ1v) is 5.41. The number of ether oxygens (including phenoxy) is 2. The van der Waals surface area contributed by atoms with Gasteiger partial charge in [-0.1, -0.05) is 0 Å². The summed E-state index contributed by atoms with van der Waals surface area (Å²) in [4.78, 5) is 11.3. The highest BCUT2D eigenvalue weighted by molar-refractivity contribution is 5.81. The van der Waals surface area contributed by atoms with E-state index in [0.717, 1.165) is 0 Å². The van der Waals surface area contributed by atoms with Crippen molar-refractivity contribution in [2.24, 2.45) is 5.73 Å². The van der Waals surface area contributed by atoms with Crippen LogP contribution >= 0.6 is 0 Å². The van der Waals surface area contributed by atoms with E-state index in [9.17, 15) is 9.90 Å². The van der Waals surface area contributed by atoms with Gasteiger partial charge in [-0.15, -0.1) is 0 Å². The van der Waals surface area contributed by atoms with Crippen molar-refractivity contribution in [3.05, 3.63) is 0 Å². The molecule has 0 spiro atoms. The van der Waals surface area contributed by atoms with Crippen molar-refractivity contribution in [1.82, 2.24) is 5.32 Å². The molecule has 2 heterocycles. The molecule has 4 N–H and O–H groups in total. The van der Waals surface area contributed by atoms with Crippen molar-refractivity contribution >= 4 is 5.91 Å². The zero-order chi connectivity index (χ0) is 12.1. The van der Waals surface area contributed by atoms with Gasteiger partial charge in [-0.05, 0) is 20.8 Å². The Balaban J connectivity index is 2.25. The molecule has 5 atom stereocenters. The van der Waals surface area contributed by atoms with E-state index in [1.165, 1.54) is 0 Å². The molecule has 1 amide bonds. The fraction of sp³-hybridized carbons (Fsp3) is 0.900. The van der Waals surface area contributed by atoms with Crippen LogP contribution in [0.5, 0.6) is 0 Å². The van der Waals surface area contributed by atoms with Crippen LogP contribution in [0.25, 0.3) is 0 Å². The normalized spacial score (nSPS) is 46.4. The predicted octanol–water partition coefficient (Wildman–Crippen LogP) is -1.29. The third kappa shape index (κ3) is 1.82. The second-order valence-electron chi connectivity index (χ2n) is 4.89. The van der Waals surface area contributed by atoms with Crippen LogP contribution in [0, 0.1) is 0 Å². The summed E-state index contributed by atoms with van der Waals surface area (Å²) in [5.41, 5.74) is 5.30. The number of carbonyl (C=O) groups excluding carboxylic acids is 1. The molecule has 2 aliphatic heterocycles. The Kier molecular flexibility index (Phi) is 2.70. The highest BCUT2D eigenvalue weighted by Gasteiger charge is 2.54. The quantitative estimate of drug-likeness (QED) is 0.521. The SMILES string of the molecule is C[C@H]1N[C@@H](C(N)=O)[C@@H]2OC(C)(C)O[C@@H]2[C@H]1O. The van der Waals surface area contributed by atoms with Gasteiger partial charge < -0.3 is 20.3 Å². The summed E-state index contributed by atoms with van der Waals surface area (Å²) < 4.78 is 11.2. The first-order valence-electron chi connectivity index (χ1n) is 5.41. The number of hydrogen-bond acceptors (Lipinski definition) is 5. The van der Waals surface area contributed by atoms with Crippen LogP contribution in [0.2, 0.25) is 0 Å². The van der Waals surface area contributed by atoms with Gasteiger partial charge in [-0.25, -0.2) is 0 Å². The minimum atomic E-state index is -0.796. The highest BCUT2D eigenvalue weighted by Crippen LogP contribution is 2.34. The van der Waals surface area contributed by atoms with Gasteiger partial charge in [0.15, 0.2) is 5.79 Å². The van der Waals surface area contributed by atoms with Gasteiger partial charge in [0.05, 0.1) is 6.10 Å². The van der Waals surface area contributed by atoms with E-state index in [4.69, 9.17) is 15.2 Å². The summed E-state index contributed by atoms with van der Waals surface area (Å²) in [6, 6.07) is -0.874. The summed E-state index contributed by atoms with van der Waals surface area (Å²) in [6.07, 6.45) is -1.75. The van der Waals surface area contributed by atoms with Gasteiger partial charge in [0, 0.05) is 6.04 Å². The number of amides is 1. The highest BCUT2D eigenvalue weighted by atomic mass is 16.8. The first kappa shape index (κ1) is 11.8. The van der Waals surface area contributed by atoms with Gasteiger partial charge in [0.1, 0.15) is 18.2 Å². The van der Waals surface area contributed by atoms with Crippen LogP contribution in [0.4, 0.5) is 0 Å². The van der Waals surface area contributed by atoms with Crippen LogP contribution in [-0.2, 0) is 14.3 Å². The van der Waals surface area contributed by atoms with Crippen molar-refractivity contribution in [1.29, 1.82) is 0 Å². The number of aliphatic hydroxyl groups excluding tert-OH is 1. The van der Waals surface area contributed by atoms with Crippen LogP contribution in [-0.4, -0.2) is 47.2 Å². The monoisotopic (exact) mass is 230 g/mol. The van der Waals surface area contributed by atoms with Crippen molar-refractivity contribution in [2.45, 2.75) is 57.0 Å². The lowest BCUT2D eigenvalue weighted by Crippen LogP contribution is -2.66. The zero-order valence-electron chi connectivity index (χ0n) is 9.64. The standard InChI is InChI=1S/C10H18N2O4/c1-4-6(13)8-7(5(12-4)9(11)14)15-10(2,3)16-8/h4-8,12-13H,1-3H3,(H2,11,14)/t4-,5-,6+,7+,8-/m1/s1. The molecule has 0 aromatic heterocycles. The maximum Gasteiger partial charge on any atom is 0.237 e. The molecule has 0 bridgehead atoms. The van der Waals surface area contributed by atoms with Crippen molar-refractivity contribution in [3.63, 3.8) is 0 Å². The number of nitrogens with two attached hydrogens (primary N) is 1. The van der Waals surface area contributed by atoms with Crippen LogP contribution in [0.3, 0.4) is 0 Å². The van der Waals surface area contributed by atoms with Crippen molar-refractivity contribution < 1.29 is 19.4 Å². The molecule has 16 heavy (non-hydrogen) atoms. The number of rotatable bonds is 1. The first-order chi connectivity index (χ1) is 7.32.